The maximum Gasteiger partial charge on any atom is 0.397 e. The average Bonchev–Trinajstić information content (AvgIpc) is 2.28. The van der Waals surface area contributed by atoms with E-state index in [-0.39, 0.29) is 22.1 Å². The molecule has 0 fully saturated rings. The van der Waals surface area contributed by atoms with Crippen LogP contribution >= 0.6 is 11.6 Å². The lowest BCUT2D eigenvalue weighted by Crippen LogP contribution is -2.21. The van der Waals surface area contributed by atoms with Crippen LogP contribution in [-0.2, 0) is 4.79 Å². The van der Waals surface area contributed by atoms with Crippen LogP contribution < -0.4 is 11.1 Å². The SMILES string of the molecule is NC(=NO)c1ccc(Cl)c(NC(=O)CC(F)(F)F)c1. The van der Waals surface area contributed by atoms with Crippen molar-refractivity contribution in [3.8, 4) is 0 Å². The molecule has 4 N–H and O–H groups in total. The highest BCUT2D eigenvalue weighted by atomic mass is 35.5. The number of benzene rings is 1. The Labute approximate surface area is 110 Å². The fraction of sp³-hybridized carbons (Fsp3) is 0.200. The maximum atomic E-state index is 12.0. The Kier molecular flexibility index (Phi) is 4.60. The van der Waals surface area contributed by atoms with Crippen molar-refractivity contribution in [3.63, 3.8) is 0 Å². The molecular weight excluding hydrogens is 287 g/mol. The third kappa shape index (κ3) is 4.66. The summed E-state index contributed by atoms with van der Waals surface area (Å²) >= 11 is 5.72. The summed E-state index contributed by atoms with van der Waals surface area (Å²) in [5.74, 6) is -1.52. The number of carbonyl (C=O) groups is 1. The Morgan fingerprint density at radius 1 is 1.47 bits per heavy atom. The summed E-state index contributed by atoms with van der Waals surface area (Å²) in [7, 11) is 0. The van der Waals surface area contributed by atoms with Gasteiger partial charge < -0.3 is 16.3 Å². The van der Waals surface area contributed by atoms with Crippen LogP contribution in [-0.4, -0.2) is 23.1 Å². The quantitative estimate of drug-likeness (QED) is 0.346. The zero-order valence-electron chi connectivity index (χ0n) is 9.33. The third-order valence-corrected chi connectivity index (χ3v) is 2.33. The molecule has 0 saturated heterocycles. The number of anilines is 1. The van der Waals surface area contributed by atoms with E-state index in [0.29, 0.717) is 0 Å². The van der Waals surface area contributed by atoms with Gasteiger partial charge in [0.2, 0.25) is 5.91 Å². The van der Waals surface area contributed by atoms with Crippen molar-refractivity contribution in [1.29, 1.82) is 0 Å². The number of oxime groups is 1. The third-order valence-electron chi connectivity index (χ3n) is 2.00. The van der Waals surface area contributed by atoms with Crippen LogP contribution in [0.3, 0.4) is 0 Å². The van der Waals surface area contributed by atoms with Gasteiger partial charge in [-0.1, -0.05) is 16.8 Å². The van der Waals surface area contributed by atoms with Crippen LogP contribution in [0.4, 0.5) is 18.9 Å². The molecule has 9 heteroatoms. The van der Waals surface area contributed by atoms with Crippen molar-refractivity contribution < 1.29 is 23.2 Å². The molecule has 0 radical (unpaired) electrons. The van der Waals surface area contributed by atoms with E-state index in [1.54, 1.807) is 0 Å². The highest BCUT2D eigenvalue weighted by Gasteiger charge is 2.31. The molecule has 0 aliphatic carbocycles. The number of amides is 1. The summed E-state index contributed by atoms with van der Waals surface area (Å²) in [5.41, 5.74) is 5.46. The smallest absolute Gasteiger partial charge is 0.397 e. The molecule has 0 unspecified atom stereocenters. The molecule has 1 aromatic carbocycles. The zero-order chi connectivity index (χ0) is 14.6. The first-order chi connectivity index (χ1) is 8.73. The van der Waals surface area contributed by atoms with Crippen molar-refractivity contribution in [2.75, 3.05) is 5.32 Å². The monoisotopic (exact) mass is 295 g/mol. The number of halogens is 4. The van der Waals surface area contributed by atoms with E-state index in [2.05, 4.69) is 5.16 Å². The molecule has 0 aliphatic rings. The van der Waals surface area contributed by atoms with Crippen molar-refractivity contribution in [3.05, 3.63) is 28.8 Å². The molecule has 0 bridgehead atoms. The maximum absolute atomic E-state index is 12.0. The lowest BCUT2D eigenvalue weighted by Gasteiger charge is -2.10. The molecule has 0 aromatic heterocycles. The summed E-state index contributed by atoms with van der Waals surface area (Å²) < 4.78 is 36.0. The predicted octanol–water partition coefficient (Wildman–Crippen LogP) is 2.33. The number of nitrogens with zero attached hydrogens (tertiary/aromatic N) is 1. The second-order valence-electron chi connectivity index (χ2n) is 3.52. The topological polar surface area (TPSA) is 87.7 Å². The lowest BCUT2D eigenvalue weighted by atomic mass is 10.2. The fourth-order valence-electron chi connectivity index (χ4n) is 1.21. The molecule has 104 valence electrons. The van der Waals surface area contributed by atoms with Crippen LogP contribution in [0.25, 0.3) is 0 Å². The summed E-state index contributed by atoms with van der Waals surface area (Å²) in [6.45, 7) is 0. The molecule has 0 aliphatic heterocycles. The molecular formula is C10H9ClF3N3O2. The van der Waals surface area contributed by atoms with Crippen molar-refractivity contribution in [1.82, 2.24) is 0 Å². The molecule has 0 spiro atoms. The molecule has 0 heterocycles. The molecule has 1 rings (SSSR count). The summed E-state index contributed by atoms with van der Waals surface area (Å²) in [6.07, 6.45) is -6.24. The van der Waals surface area contributed by atoms with Gasteiger partial charge in [0.15, 0.2) is 5.84 Å². The number of amidine groups is 1. The number of alkyl halides is 3. The minimum Gasteiger partial charge on any atom is -0.409 e. The number of hydrogen-bond acceptors (Lipinski definition) is 3. The number of carbonyl (C=O) groups excluding carboxylic acids is 1. The Balaban J connectivity index is 2.92. The van der Waals surface area contributed by atoms with E-state index in [1.807, 2.05) is 5.32 Å². The van der Waals surface area contributed by atoms with Gasteiger partial charge >= 0.3 is 6.18 Å². The summed E-state index contributed by atoms with van der Waals surface area (Å²) in [6, 6.07) is 3.89. The predicted molar refractivity (Wildman–Crippen MR) is 63.3 cm³/mol. The normalized spacial score (nSPS) is 12.3. The minimum absolute atomic E-state index is 0.0324. The van der Waals surface area contributed by atoms with Crippen LogP contribution in [0, 0.1) is 0 Å². The Bertz CT molecular complexity index is 517. The number of rotatable bonds is 3. The largest absolute Gasteiger partial charge is 0.409 e. The Hall–Kier alpha value is -1.96. The molecule has 19 heavy (non-hydrogen) atoms. The fourth-order valence-corrected chi connectivity index (χ4v) is 1.38. The van der Waals surface area contributed by atoms with Gasteiger partial charge in [-0.3, -0.25) is 4.79 Å². The Morgan fingerprint density at radius 3 is 2.63 bits per heavy atom. The molecule has 5 nitrogen and oxygen atoms in total. The average molecular weight is 296 g/mol. The van der Waals surface area contributed by atoms with E-state index >= 15 is 0 Å². The van der Waals surface area contributed by atoms with Gasteiger partial charge in [0, 0.05) is 5.56 Å². The van der Waals surface area contributed by atoms with Gasteiger partial charge in [-0.05, 0) is 18.2 Å². The number of hydrogen-bond donors (Lipinski definition) is 3. The minimum atomic E-state index is -4.61. The first-order valence-electron chi connectivity index (χ1n) is 4.87. The number of nitrogens with two attached hydrogens (primary N) is 1. The van der Waals surface area contributed by atoms with Crippen molar-refractivity contribution >= 4 is 29.0 Å². The van der Waals surface area contributed by atoms with Gasteiger partial charge in [-0.15, -0.1) is 0 Å². The van der Waals surface area contributed by atoms with E-state index in [4.69, 9.17) is 22.5 Å². The highest BCUT2D eigenvalue weighted by Crippen LogP contribution is 2.25. The van der Waals surface area contributed by atoms with Gasteiger partial charge in [0.1, 0.15) is 6.42 Å². The van der Waals surface area contributed by atoms with Gasteiger partial charge in [-0.25, -0.2) is 0 Å². The van der Waals surface area contributed by atoms with E-state index < -0.39 is 18.5 Å². The standard InChI is InChI=1S/C10H9ClF3N3O2/c11-6-2-1-5(9(15)17-19)3-7(6)16-8(18)4-10(12,13)14/h1-3,19H,4H2,(H2,15,17)(H,16,18). The van der Waals surface area contributed by atoms with E-state index in [1.165, 1.54) is 18.2 Å². The molecule has 1 aromatic rings. The second-order valence-corrected chi connectivity index (χ2v) is 3.93. The Morgan fingerprint density at radius 2 is 2.11 bits per heavy atom. The molecule has 0 saturated carbocycles. The highest BCUT2D eigenvalue weighted by molar-refractivity contribution is 6.33. The number of nitrogens with one attached hydrogen (secondary N) is 1. The van der Waals surface area contributed by atoms with Crippen LogP contribution in [0.5, 0.6) is 0 Å². The van der Waals surface area contributed by atoms with Crippen molar-refractivity contribution in [2.45, 2.75) is 12.6 Å². The molecule has 0 atom stereocenters. The van der Waals surface area contributed by atoms with Crippen LogP contribution in [0.1, 0.15) is 12.0 Å². The summed E-state index contributed by atoms with van der Waals surface area (Å²) in [4.78, 5) is 11.1. The first-order valence-corrected chi connectivity index (χ1v) is 5.25. The lowest BCUT2D eigenvalue weighted by molar-refractivity contribution is -0.150. The van der Waals surface area contributed by atoms with E-state index in [9.17, 15) is 18.0 Å². The zero-order valence-corrected chi connectivity index (χ0v) is 10.1. The summed E-state index contributed by atoms with van der Waals surface area (Å²) in [5, 5.41) is 13.2. The van der Waals surface area contributed by atoms with Gasteiger partial charge in [0.05, 0.1) is 10.7 Å². The van der Waals surface area contributed by atoms with Gasteiger partial charge in [0.25, 0.3) is 0 Å². The molecule has 1 amide bonds. The first kappa shape index (κ1) is 15.1. The van der Waals surface area contributed by atoms with Crippen molar-refractivity contribution in [2.24, 2.45) is 10.9 Å². The second kappa shape index (κ2) is 5.79. The van der Waals surface area contributed by atoms with Crippen LogP contribution in [0.15, 0.2) is 23.4 Å². The van der Waals surface area contributed by atoms with Crippen LogP contribution in [0.2, 0.25) is 5.02 Å². The van der Waals surface area contributed by atoms with E-state index in [0.717, 1.165) is 0 Å². The van der Waals surface area contributed by atoms with Gasteiger partial charge in [-0.2, -0.15) is 13.2 Å².